The van der Waals surface area contributed by atoms with Crippen LogP contribution in [-0.4, -0.2) is 11.2 Å². The van der Waals surface area contributed by atoms with Crippen LogP contribution in [-0.2, 0) is 0 Å². The van der Waals surface area contributed by atoms with Gasteiger partial charge in [-0.3, -0.25) is 0 Å². The Morgan fingerprint density at radius 2 is 2.10 bits per heavy atom. The Morgan fingerprint density at radius 3 is 2.70 bits per heavy atom. The molecule has 104 valence electrons. The van der Waals surface area contributed by atoms with E-state index in [0.717, 1.165) is 4.90 Å². The van der Waals surface area contributed by atoms with Crippen molar-refractivity contribution in [3.05, 3.63) is 52.3 Å². The fraction of sp³-hybridized carbons (Fsp3) is 0.0714. The van der Waals surface area contributed by atoms with Gasteiger partial charge in [-0.2, -0.15) is 0 Å². The van der Waals surface area contributed by atoms with E-state index in [-0.39, 0.29) is 10.8 Å². The first-order chi connectivity index (χ1) is 9.51. The van der Waals surface area contributed by atoms with E-state index in [1.807, 2.05) is 18.4 Å². The summed E-state index contributed by atoms with van der Waals surface area (Å²) in [7, 11) is 0. The summed E-state index contributed by atoms with van der Waals surface area (Å²) >= 11 is 9.82. The summed E-state index contributed by atoms with van der Waals surface area (Å²) in [4.78, 5) is 1.17. The molecule has 2 aromatic rings. The normalized spacial score (nSPS) is 10.3. The summed E-state index contributed by atoms with van der Waals surface area (Å²) in [5.41, 5.74) is 6.42. The summed E-state index contributed by atoms with van der Waals surface area (Å²) < 4.78 is 19.7. The van der Waals surface area contributed by atoms with Gasteiger partial charge in [-0.1, -0.05) is 34.2 Å². The van der Waals surface area contributed by atoms with Gasteiger partial charge in [0.15, 0.2) is 0 Å². The summed E-state index contributed by atoms with van der Waals surface area (Å²) in [5, 5.41) is 0. The lowest BCUT2D eigenvalue weighted by Gasteiger charge is -2.13. The van der Waals surface area contributed by atoms with E-state index in [1.165, 1.54) is 23.9 Å². The van der Waals surface area contributed by atoms with E-state index < -0.39 is 0 Å². The van der Waals surface area contributed by atoms with E-state index in [9.17, 15) is 4.39 Å². The maximum atomic E-state index is 13.4. The van der Waals surface area contributed by atoms with Crippen molar-refractivity contribution in [2.75, 3.05) is 6.26 Å². The Hall–Kier alpha value is -1.11. The Balaban J connectivity index is 2.45. The van der Waals surface area contributed by atoms with Crippen LogP contribution in [0.4, 0.5) is 4.39 Å². The fourth-order valence-corrected chi connectivity index (χ4v) is 3.07. The van der Waals surface area contributed by atoms with E-state index in [0.29, 0.717) is 21.5 Å². The molecule has 0 aliphatic heterocycles. The molecule has 0 aliphatic rings. The number of halogens is 2. The quantitative estimate of drug-likeness (QED) is 0.621. The monoisotopic (exact) mass is 371 g/mol. The number of rotatable bonds is 4. The minimum atomic E-state index is -0.382. The van der Waals surface area contributed by atoms with Gasteiger partial charge in [-0.25, -0.2) is 4.39 Å². The molecule has 0 amide bonds. The first-order valence-electron chi connectivity index (χ1n) is 5.62. The number of nitrogens with two attached hydrogens (primary N) is 1. The highest BCUT2D eigenvalue weighted by Crippen LogP contribution is 2.33. The van der Waals surface area contributed by atoms with Crippen molar-refractivity contribution in [3.8, 4) is 11.5 Å². The molecule has 0 heterocycles. The zero-order chi connectivity index (χ0) is 14.7. The standard InChI is InChI=1S/C14H11BrFNOS2/c1-20-12-4-2-3-11(13(12)14(17)19)18-10-6-8(15)5-9(16)7-10/h2-7H,1H3,(H2,17,19). The molecule has 0 aliphatic carbocycles. The van der Waals surface area contributed by atoms with Crippen LogP contribution in [0.1, 0.15) is 5.56 Å². The van der Waals surface area contributed by atoms with Gasteiger partial charge in [0.05, 0.1) is 5.56 Å². The van der Waals surface area contributed by atoms with Crippen molar-refractivity contribution in [1.82, 2.24) is 0 Å². The van der Waals surface area contributed by atoms with Crippen molar-refractivity contribution in [2.24, 2.45) is 5.73 Å². The molecule has 2 rings (SSSR count). The fourth-order valence-electron chi connectivity index (χ4n) is 1.72. The lowest BCUT2D eigenvalue weighted by atomic mass is 10.2. The molecule has 20 heavy (non-hydrogen) atoms. The second-order valence-corrected chi connectivity index (χ2v) is 6.11. The van der Waals surface area contributed by atoms with Crippen LogP contribution in [0.25, 0.3) is 0 Å². The highest BCUT2D eigenvalue weighted by Gasteiger charge is 2.13. The largest absolute Gasteiger partial charge is 0.456 e. The SMILES string of the molecule is CSc1cccc(Oc2cc(F)cc(Br)c2)c1C(N)=S. The molecule has 0 bridgehead atoms. The number of hydrogen-bond donors (Lipinski definition) is 1. The third kappa shape index (κ3) is 3.50. The smallest absolute Gasteiger partial charge is 0.138 e. The molecule has 2 nitrogen and oxygen atoms in total. The van der Waals surface area contributed by atoms with Crippen LogP contribution in [0.2, 0.25) is 0 Å². The van der Waals surface area contributed by atoms with Gasteiger partial charge in [-0.15, -0.1) is 11.8 Å². The highest BCUT2D eigenvalue weighted by molar-refractivity contribution is 9.10. The molecule has 2 aromatic carbocycles. The van der Waals surface area contributed by atoms with Crippen LogP contribution >= 0.6 is 39.9 Å². The maximum Gasteiger partial charge on any atom is 0.138 e. The van der Waals surface area contributed by atoms with Gasteiger partial charge < -0.3 is 10.5 Å². The Bertz CT molecular complexity index is 643. The molecular weight excluding hydrogens is 361 g/mol. The molecule has 0 fully saturated rings. The topological polar surface area (TPSA) is 35.2 Å². The maximum absolute atomic E-state index is 13.4. The second-order valence-electron chi connectivity index (χ2n) is 3.90. The average molecular weight is 372 g/mol. The van der Waals surface area contributed by atoms with Crippen LogP contribution in [0.3, 0.4) is 0 Å². The Morgan fingerprint density at radius 1 is 1.35 bits per heavy atom. The van der Waals surface area contributed by atoms with Crippen molar-refractivity contribution in [1.29, 1.82) is 0 Å². The molecular formula is C14H11BrFNOS2. The Labute approximate surface area is 134 Å². The molecule has 6 heteroatoms. The van der Waals surface area contributed by atoms with Crippen molar-refractivity contribution < 1.29 is 9.13 Å². The van der Waals surface area contributed by atoms with Gasteiger partial charge in [-0.05, 0) is 30.5 Å². The molecule has 0 spiro atoms. The predicted octanol–water partition coefficient (Wildman–Crippen LogP) is 4.74. The molecule has 2 N–H and O–H groups in total. The summed E-state index contributed by atoms with van der Waals surface area (Å²) in [6, 6.07) is 9.86. The summed E-state index contributed by atoms with van der Waals surface area (Å²) in [6.07, 6.45) is 1.93. The first kappa shape index (κ1) is 15.3. The summed E-state index contributed by atoms with van der Waals surface area (Å²) in [5.74, 6) is 0.516. The van der Waals surface area contributed by atoms with E-state index in [2.05, 4.69) is 15.9 Å². The van der Waals surface area contributed by atoms with Crippen molar-refractivity contribution in [2.45, 2.75) is 4.90 Å². The molecule has 0 atom stereocenters. The zero-order valence-corrected chi connectivity index (χ0v) is 13.7. The van der Waals surface area contributed by atoms with Crippen molar-refractivity contribution >= 4 is 44.9 Å². The number of benzene rings is 2. The van der Waals surface area contributed by atoms with Gasteiger partial charge in [0, 0.05) is 15.4 Å². The number of thioether (sulfide) groups is 1. The van der Waals surface area contributed by atoms with Crippen LogP contribution < -0.4 is 10.5 Å². The predicted molar refractivity (Wildman–Crippen MR) is 88.3 cm³/mol. The molecule has 0 unspecified atom stereocenters. The number of hydrogen-bond acceptors (Lipinski definition) is 3. The zero-order valence-electron chi connectivity index (χ0n) is 10.5. The molecule has 0 aromatic heterocycles. The van der Waals surface area contributed by atoms with E-state index in [1.54, 1.807) is 12.1 Å². The Kier molecular flexibility index (Phi) is 5.01. The third-order valence-electron chi connectivity index (χ3n) is 2.52. The van der Waals surface area contributed by atoms with Crippen LogP contribution in [0.5, 0.6) is 11.5 Å². The lowest BCUT2D eigenvalue weighted by molar-refractivity contribution is 0.474. The van der Waals surface area contributed by atoms with E-state index in [4.69, 9.17) is 22.7 Å². The van der Waals surface area contributed by atoms with Crippen LogP contribution in [0.15, 0.2) is 45.8 Å². The van der Waals surface area contributed by atoms with Gasteiger partial charge in [0.25, 0.3) is 0 Å². The van der Waals surface area contributed by atoms with Crippen LogP contribution in [0, 0.1) is 5.82 Å². The first-order valence-corrected chi connectivity index (χ1v) is 8.04. The molecule has 0 saturated carbocycles. The van der Waals surface area contributed by atoms with Crippen molar-refractivity contribution in [3.63, 3.8) is 0 Å². The molecule has 0 radical (unpaired) electrons. The van der Waals surface area contributed by atoms with E-state index >= 15 is 0 Å². The average Bonchev–Trinajstić information content (AvgIpc) is 2.36. The van der Waals surface area contributed by atoms with Gasteiger partial charge in [0.2, 0.25) is 0 Å². The second kappa shape index (κ2) is 6.56. The van der Waals surface area contributed by atoms with Gasteiger partial charge in [0.1, 0.15) is 22.3 Å². The number of thiocarbonyl (C=S) groups is 1. The minimum absolute atomic E-state index is 0.250. The highest BCUT2D eigenvalue weighted by atomic mass is 79.9. The third-order valence-corrected chi connectivity index (χ3v) is 3.96. The summed E-state index contributed by atoms with van der Waals surface area (Å²) in [6.45, 7) is 0. The van der Waals surface area contributed by atoms with Gasteiger partial charge >= 0.3 is 0 Å². The lowest BCUT2D eigenvalue weighted by Crippen LogP contribution is -2.12. The minimum Gasteiger partial charge on any atom is -0.456 e. The number of ether oxygens (including phenoxy) is 1. The molecule has 0 saturated heterocycles.